The van der Waals surface area contributed by atoms with E-state index in [0.717, 1.165) is 29.0 Å². The summed E-state index contributed by atoms with van der Waals surface area (Å²) in [6, 6.07) is 13.2. The van der Waals surface area contributed by atoms with Crippen molar-refractivity contribution in [3.8, 4) is 5.75 Å². The van der Waals surface area contributed by atoms with Gasteiger partial charge in [0.05, 0.1) is 6.10 Å². The lowest BCUT2D eigenvalue weighted by molar-refractivity contribution is 0.102. The lowest BCUT2D eigenvalue weighted by atomic mass is 10.1. The van der Waals surface area contributed by atoms with Crippen molar-refractivity contribution in [2.45, 2.75) is 40.2 Å². The maximum atomic E-state index is 12.4. The van der Waals surface area contributed by atoms with Gasteiger partial charge in [0.15, 0.2) is 0 Å². The van der Waals surface area contributed by atoms with E-state index in [2.05, 4.69) is 12.2 Å². The second kappa shape index (κ2) is 7.12. The topological polar surface area (TPSA) is 38.3 Å². The Bertz CT molecular complexity index is 627. The third-order valence-corrected chi connectivity index (χ3v) is 3.75. The van der Waals surface area contributed by atoms with Crippen LogP contribution in [-0.2, 0) is 0 Å². The second-order valence-corrected chi connectivity index (χ2v) is 5.58. The second-order valence-electron chi connectivity index (χ2n) is 5.58. The van der Waals surface area contributed by atoms with E-state index in [9.17, 15) is 4.79 Å². The van der Waals surface area contributed by atoms with Gasteiger partial charge in [-0.3, -0.25) is 4.79 Å². The van der Waals surface area contributed by atoms with Gasteiger partial charge in [0, 0.05) is 11.3 Å². The normalized spacial score (nSPS) is 11.8. The van der Waals surface area contributed by atoms with Crippen molar-refractivity contribution >= 4 is 11.6 Å². The van der Waals surface area contributed by atoms with Crippen LogP contribution >= 0.6 is 0 Å². The van der Waals surface area contributed by atoms with E-state index in [1.807, 2.05) is 51.1 Å². The molecule has 3 nitrogen and oxygen atoms in total. The van der Waals surface area contributed by atoms with E-state index in [4.69, 9.17) is 4.74 Å². The monoisotopic (exact) mass is 297 g/mol. The highest BCUT2D eigenvalue weighted by Gasteiger charge is 2.10. The highest BCUT2D eigenvalue weighted by Crippen LogP contribution is 2.21. The average molecular weight is 297 g/mol. The molecule has 0 saturated heterocycles. The van der Waals surface area contributed by atoms with E-state index in [1.165, 1.54) is 0 Å². The van der Waals surface area contributed by atoms with E-state index in [-0.39, 0.29) is 12.0 Å². The predicted molar refractivity (Wildman–Crippen MR) is 90.7 cm³/mol. The summed E-state index contributed by atoms with van der Waals surface area (Å²) in [4.78, 5) is 12.4. The van der Waals surface area contributed by atoms with Crippen LogP contribution in [0.15, 0.2) is 42.5 Å². The molecular formula is C19H23NO2. The maximum Gasteiger partial charge on any atom is 0.255 e. The molecule has 0 spiro atoms. The molecule has 0 aliphatic heterocycles. The van der Waals surface area contributed by atoms with E-state index < -0.39 is 0 Å². The van der Waals surface area contributed by atoms with Gasteiger partial charge in [-0.05, 0) is 62.6 Å². The molecule has 116 valence electrons. The first kappa shape index (κ1) is 16.1. The number of anilines is 1. The first-order chi connectivity index (χ1) is 10.5. The van der Waals surface area contributed by atoms with Gasteiger partial charge in [0.1, 0.15) is 5.75 Å². The number of rotatable bonds is 5. The molecule has 2 rings (SSSR count). The number of aryl methyl sites for hydroxylation is 2. The first-order valence-corrected chi connectivity index (χ1v) is 7.65. The number of nitrogens with one attached hydrogen (secondary N) is 1. The highest BCUT2D eigenvalue weighted by atomic mass is 16.5. The van der Waals surface area contributed by atoms with Gasteiger partial charge in [-0.2, -0.15) is 0 Å². The van der Waals surface area contributed by atoms with Crippen LogP contribution in [0.3, 0.4) is 0 Å². The molecule has 22 heavy (non-hydrogen) atoms. The van der Waals surface area contributed by atoms with Gasteiger partial charge in [-0.1, -0.05) is 25.1 Å². The zero-order chi connectivity index (χ0) is 16.1. The number of carbonyl (C=O) groups is 1. The predicted octanol–water partition coefficient (Wildman–Crippen LogP) is 4.73. The van der Waals surface area contributed by atoms with Gasteiger partial charge in [0.25, 0.3) is 5.91 Å². The molecular weight excluding hydrogens is 274 g/mol. The van der Waals surface area contributed by atoms with Crippen LogP contribution in [0.4, 0.5) is 5.69 Å². The zero-order valence-electron chi connectivity index (χ0n) is 13.6. The van der Waals surface area contributed by atoms with Crippen molar-refractivity contribution in [1.82, 2.24) is 0 Å². The lowest BCUT2D eigenvalue weighted by Crippen LogP contribution is -2.14. The smallest absolute Gasteiger partial charge is 0.255 e. The molecule has 3 heteroatoms. The number of carbonyl (C=O) groups excluding carboxylic acids is 1. The Hall–Kier alpha value is -2.29. The van der Waals surface area contributed by atoms with Gasteiger partial charge in [-0.25, -0.2) is 0 Å². The molecule has 0 aliphatic carbocycles. The number of benzene rings is 2. The quantitative estimate of drug-likeness (QED) is 0.866. The van der Waals surface area contributed by atoms with Crippen molar-refractivity contribution in [1.29, 1.82) is 0 Å². The number of hydrogen-bond acceptors (Lipinski definition) is 2. The van der Waals surface area contributed by atoms with Crippen LogP contribution in [-0.4, -0.2) is 12.0 Å². The summed E-state index contributed by atoms with van der Waals surface area (Å²) in [7, 11) is 0. The molecule has 1 N–H and O–H groups in total. The summed E-state index contributed by atoms with van der Waals surface area (Å²) in [5.74, 6) is 0.686. The molecule has 0 saturated carbocycles. The minimum Gasteiger partial charge on any atom is -0.491 e. The summed E-state index contributed by atoms with van der Waals surface area (Å²) >= 11 is 0. The zero-order valence-corrected chi connectivity index (χ0v) is 13.6. The fraction of sp³-hybridized carbons (Fsp3) is 0.316. The Balaban J connectivity index is 2.10. The third kappa shape index (κ3) is 3.88. The van der Waals surface area contributed by atoms with Crippen LogP contribution in [0.1, 0.15) is 41.8 Å². The summed E-state index contributed by atoms with van der Waals surface area (Å²) in [5.41, 5.74) is 3.63. The SMILES string of the molecule is CC[C@H](C)Oc1ccc(C(=O)Nc2c(C)cccc2C)cc1. The van der Waals surface area contributed by atoms with E-state index >= 15 is 0 Å². The van der Waals surface area contributed by atoms with Crippen LogP contribution in [0, 0.1) is 13.8 Å². The largest absolute Gasteiger partial charge is 0.491 e. The first-order valence-electron chi connectivity index (χ1n) is 7.65. The Morgan fingerprint density at radius 3 is 2.23 bits per heavy atom. The molecule has 1 atom stereocenters. The summed E-state index contributed by atoms with van der Waals surface area (Å²) in [5, 5.41) is 2.99. The number of amides is 1. The van der Waals surface area contributed by atoms with Crippen molar-refractivity contribution < 1.29 is 9.53 Å². The summed E-state index contributed by atoms with van der Waals surface area (Å²) < 4.78 is 5.72. The molecule has 2 aromatic rings. The molecule has 0 radical (unpaired) electrons. The Kier molecular flexibility index (Phi) is 5.21. The fourth-order valence-electron chi connectivity index (χ4n) is 2.20. The van der Waals surface area contributed by atoms with Gasteiger partial charge < -0.3 is 10.1 Å². The van der Waals surface area contributed by atoms with Gasteiger partial charge >= 0.3 is 0 Å². The molecule has 0 aromatic heterocycles. The number of ether oxygens (including phenoxy) is 1. The third-order valence-electron chi connectivity index (χ3n) is 3.75. The molecule has 0 unspecified atom stereocenters. The minimum atomic E-state index is -0.104. The maximum absolute atomic E-state index is 12.4. The average Bonchev–Trinajstić information content (AvgIpc) is 2.51. The molecule has 1 amide bonds. The number of para-hydroxylation sites is 1. The standard InChI is InChI=1S/C19H23NO2/c1-5-15(4)22-17-11-9-16(10-12-17)19(21)20-18-13(2)7-6-8-14(18)3/h6-12,15H,5H2,1-4H3,(H,20,21)/t15-/m0/s1. The van der Waals surface area contributed by atoms with Crippen molar-refractivity contribution in [2.24, 2.45) is 0 Å². The van der Waals surface area contributed by atoms with Crippen LogP contribution < -0.4 is 10.1 Å². The fourth-order valence-corrected chi connectivity index (χ4v) is 2.20. The molecule has 2 aromatic carbocycles. The van der Waals surface area contributed by atoms with Crippen LogP contribution in [0.25, 0.3) is 0 Å². The van der Waals surface area contributed by atoms with Crippen LogP contribution in [0.5, 0.6) is 5.75 Å². The van der Waals surface area contributed by atoms with Crippen molar-refractivity contribution in [2.75, 3.05) is 5.32 Å². The van der Waals surface area contributed by atoms with Crippen molar-refractivity contribution in [3.63, 3.8) is 0 Å². The molecule has 0 heterocycles. The number of hydrogen-bond donors (Lipinski definition) is 1. The molecule has 0 bridgehead atoms. The summed E-state index contributed by atoms with van der Waals surface area (Å²) in [6.45, 7) is 8.09. The Morgan fingerprint density at radius 1 is 1.09 bits per heavy atom. The lowest BCUT2D eigenvalue weighted by Gasteiger charge is -2.14. The van der Waals surface area contributed by atoms with Gasteiger partial charge in [-0.15, -0.1) is 0 Å². The van der Waals surface area contributed by atoms with Crippen molar-refractivity contribution in [3.05, 3.63) is 59.2 Å². The summed E-state index contributed by atoms with van der Waals surface area (Å²) in [6.07, 6.45) is 1.13. The van der Waals surface area contributed by atoms with E-state index in [1.54, 1.807) is 12.1 Å². The highest BCUT2D eigenvalue weighted by molar-refractivity contribution is 6.05. The Labute approximate surface area is 132 Å². The Morgan fingerprint density at radius 2 is 1.68 bits per heavy atom. The van der Waals surface area contributed by atoms with Crippen LogP contribution in [0.2, 0.25) is 0 Å². The van der Waals surface area contributed by atoms with E-state index in [0.29, 0.717) is 5.56 Å². The minimum absolute atomic E-state index is 0.104. The molecule has 0 aliphatic rings. The van der Waals surface area contributed by atoms with Gasteiger partial charge in [0.2, 0.25) is 0 Å². The molecule has 0 fully saturated rings.